The van der Waals surface area contributed by atoms with Gasteiger partial charge in [-0.25, -0.2) is 13.1 Å². The summed E-state index contributed by atoms with van der Waals surface area (Å²) in [7, 11) is -2.04. The first-order chi connectivity index (χ1) is 11.4. The fraction of sp³-hybridized carbons (Fsp3) is 0.250. The van der Waals surface area contributed by atoms with Crippen LogP contribution in [0.5, 0.6) is 11.5 Å². The van der Waals surface area contributed by atoms with Crippen molar-refractivity contribution >= 4 is 33.2 Å². The van der Waals surface area contributed by atoms with E-state index in [0.29, 0.717) is 27.1 Å². The molecule has 0 saturated heterocycles. The Hall–Kier alpha value is -1.47. The molecule has 0 aliphatic rings. The van der Waals surface area contributed by atoms with Crippen molar-refractivity contribution in [2.75, 3.05) is 20.3 Å². The van der Waals surface area contributed by atoms with Gasteiger partial charge in [0, 0.05) is 22.2 Å². The lowest BCUT2D eigenvalue weighted by Crippen LogP contribution is -2.29. The number of nitrogens with one attached hydrogen (secondary N) is 1. The highest BCUT2D eigenvalue weighted by Crippen LogP contribution is 2.26. The van der Waals surface area contributed by atoms with E-state index in [0.717, 1.165) is 0 Å². The summed E-state index contributed by atoms with van der Waals surface area (Å²) >= 11 is 12.0. The van der Waals surface area contributed by atoms with Crippen LogP contribution >= 0.6 is 23.2 Å². The van der Waals surface area contributed by atoms with Gasteiger partial charge in [0.05, 0.1) is 12.9 Å². The average molecular weight is 390 g/mol. The van der Waals surface area contributed by atoms with Gasteiger partial charge in [-0.05, 0) is 24.3 Å². The number of ether oxygens (including phenoxy) is 2. The molecule has 1 N–H and O–H groups in total. The molecule has 0 fully saturated rings. The van der Waals surface area contributed by atoms with Gasteiger partial charge >= 0.3 is 0 Å². The van der Waals surface area contributed by atoms with Gasteiger partial charge in [0.1, 0.15) is 6.61 Å². The number of hydrogen-bond acceptors (Lipinski definition) is 4. The van der Waals surface area contributed by atoms with E-state index in [-0.39, 0.29) is 18.9 Å². The maximum Gasteiger partial charge on any atom is 0.216 e. The summed E-state index contributed by atoms with van der Waals surface area (Å²) in [6.45, 7) is 0.276. The predicted octanol–water partition coefficient (Wildman–Crippen LogP) is 3.50. The van der Waals surface area contributed by atoms with Gasteiger partial charge in [-0.2, -0.15) is 0 Å². The first-order valence-corrected chi connectivity index (χ1v) is 9.50. The minimum atomic E-state index is -3.58. The average Bonchev–Trinajstić information content (AvgIpc) is 2.55. The zero-order valence-corrected chi connectivity index (χ0v) is 15.3. The monoisotopic (exact) mass is 389 g/mol. The van der Waals surface area contributed by atoms with Crippen LogP contribution in [0.1, 0.15) is 5.56 Å². The molecule has 0 aromatic heterocycles. The van der Waals surface area contributed by atoms with E-state index in [1.165, 1.54) is 7.11 Å². The van der Waals surface area contributed by atoms with Crippen LogP contribution in [-0.4, -0.2) is 28.7 Å². The maximum absolute atomic E-state index is 12.1. The highest BCUT2D eigenvalue weighted by atomic mass is 35.5. The fourth-order valence-electron chi connectivity index (χ4n) is 2.01. The molecule has 0 aliphatic heterocycles. The Morgan fingerprint density at radius 1 is 1.00 bits per heavy atom. The van der Waals surface area contributed by atoms with E-state index in [1.54, 1.807) is 36.4 Å². The SMILES string of the molecule is COc1ccccc1OCCNS(=O)(=O)Cc1c(Cl)cccc1Cl. The second-order valence-corrected chi connectivity index (χ2v) is 7.47. The minimum absolute atomic E-state index is 0.114. The van der Waals surface area contributed by atoms with E-state index in [1.807, 2.05) is 6.07 Å². The lowest BCUT2D eigenvalue weighted by molar-refractivity contribution is 0.298. The van der Waals surface area contributed by atoms with Crippen molar-refractivity contribution in [3.8, 4) is 11.5 Å². The summed E-state index contributed by atoms with van der Waals surface area (Å²) in [6, 6.07) is 12.0. The zero-order chi connectivity index (χ0) is 17.6. The van der Waals surface area contributed by atoms with Crippen molar-refractivity contribution in [3.63, 3.8) is 0 Å². The normalized spacial score (nSPS) is 11.3. The molecule has 0 aliphatic carbocycles. The molecular weight excluding hydrogens is 373 g/mol. The molecule has 0 radical (unpaired) electrons. The van der Waals surface area contributed by atoms with E-state index in [4.69, 9.17) is 32.7 Å². The second kappa shape index (κ2) is 8.58. The molecule has 0 atom stereocenters. The number of rotatable bonds is 8. The standard InChI is InChI=1S/C16H17Cl2NO4S/c1-22-15-7-2-3-8-16(15)23-10-9-19-24(20,21)11-12-13(17)5-4-6-14(12)18/h2-8,19H,9-11H2,1H3. The van der Waals surface area contributed by atoms with E-state index >= 15 is 0 Å². The van der Waals surface area contributed by atoms with E-state index in [9.17, 15) is 8.42 Å². The first-order valence-electron chi connectivity index (χ1n) is 7.09. The lowest BCUT2D eigenvalue weighted by Gasteiger charge is -2.12. The third-order valence-electron chi connectivity index (χ3n) is 3.15. The van der Waals surface area contributed by atoms with Gasteiger partial charge < -0.3 is 9.47 Å². The summed E-state index contributed by atoms with van der Waals surface area (Å²) in [6.07, 6.45) is 0. The van der Waals surface area contributed by atoms with Crippen LogP contribution in [0, 0.1) is 0 Å². The third kappa shape index (κ3) is 5.27. The summed E-state index contributed by atoms with van der Waals surface area (Å²) in [5.41, 5.74) is 0.374. The highest BCUT2D eigenvalue weighted by Gasteiger charge is 2.16. The molecule has 2 aromatic carbocycles. The van der Waals surface area contributed by atoms with Crippen molar-refractivity contribution in [2.45, 2.75) is 5.75 Å². The van der Waals surface area contributed by atoms with Crippen molar-refractivity contribution in [1.82, 2.24) is 4.72 Å². The molecule has 2 rings (SSSR count). The molecule has 0 bridgehead atoms. The van der Waals surface area contributed by atoms with Crippen LogP contribution in [0.3, 0.4) is 0 Å². The lowest BCUT2D eigenvalue weighted by atomic mass is 10.2. The summed E-state index contributed by atoms with van der Waals surface area (Å²) in [5.74, 6) is 0.844. The van der Waals surface area contributed by atoms with Crippen LogP contribution in [0.4, 0.5) is 0 Å². The molecule has 0 saturated carbocycles. The van der Waals surface area contributed by atoms with Crippen molar-refractivity contribution < 1.29 is 17.9 Å². The van der Waals surface area contributed by atoms with Crippen molar-refractivity contribution in [1.29, 1.82) is 0 Å². The molecule has 0 spiro atoms. The number of para-hydroxylation sites is 2. The Kier molecular flexibility index (Phi) is 6.74. The second-order valence-electron chi connectivity index (χ2n) is 4.85. The summed E-state index contributed by atoms with van der Waals surface area (Å²) < 4.78 is 37.4. The summed E-state index contributed by atoms with van der Waals surface area (Å²) in [4.78, 5) is 0. The molecule has 5 nitrogen and oxygen atoms in total. The van der Waals surface area contributed by atoms with Gasteiger partial charge in [-0.1, -0.05) is 41.4 Å². The quantitative estimate of drug-likeness (QED) is 0.701. The largest absolute Gasteiger partial charge is 0.493 e. The van der Waals surface area contributed by atoms with Crippen LogP contribution in [-0.2, 0) is 15.8 Å². The van der Waals surface area contributed by atoms with Gasteiger partial charge in [0.25, 0.3) is 0 Å². The minimum Gasteiger partial charge on any atom is -0.493 e. The number of benzene rings is 2. The Balaban J connectivity index is 1.89. The number of halogens is 2. The first kappa shape index (κ1) is 18.9. The molecule has 2 aromatic rings. The van der Waals surface area contributed by atoms with E-state index in [2.05, 4.69) is 4.72 Å². The molecule has 0 heterocycles. The van der Waals surface area contributed by atoms with Crippen LogP contribution in [0.15, 0.2) is 42.5 Å². The fourth-order valence-corrected chi connectivity index (χ4v) is 3.88. The summed E-state index contributed by atoms with van der Waals surface area (Å²) in [5, 5.41) is 0.635. The number of sulfonamides is 1. The van der Waals surface area contributed by atoms with Gasteiger partial charge in [0.15, 0.2) is 11.5 Å². The van der Waals surface area contributed by atoms with Gasteiger partial charge in [-0.3, -0.25) is 0 Å². The van der Waals surface area contributed by atoms with E-state index < -0.39 is 10.0 Å². The van der Waals surface area contributed by atoms with Crippen LogP contribution in [0.25, 0.3) is 0 Å². The predicted molar refractivity (Wildman–Crippen MR) is 95.6 cm³/mol. The molecule has 0 amide bonds. The zero-order valence-electron chi connectivity index (χ0n) is 13.0. The number of hydrogen-bond donors (Lipinski definition) is 1. The Bertz CT molecular complexity index is 776. The highest BCUT2D eigenvalue weighted by molar-refractivity contribution is 7.88. The molecule has 24 heavy (non-hydrogen) atoms. The molecule has 8 heteroatoms. The van der Waals surface area contributed by atoms with Crippen molar-refractivity contribution in [3.05, 3.63) is 58.1 Å². The smallest absolute Gasteiger partial charge is 0.216 e. The number of methoxy groups -OCH3 is 1. The van der Waals surface area contributed by atoms with Crippen LogP contribution < -0.4 is 14.2 Å². The molecule has 0 unspecified atom stereocenters. The van der Waals surface area contributed by atoms with Gasteiger partial charge in [-0.15, -0.1) is 0 Å². The van der Waals surface area contributed by atoms with Crippen LogP contribution in [0.2, 0.25) is 10.0 Å². The topological polar surface area (TPSA) is 64.6 Å². The van der Waals surface area contributed by atoms with Crippen molar-refractivity contribution in [2.24, 2.45) is 0 Å². The Morgan fingerprint density at radius 2 is 1.62 bits per heavy atom. The van der Waals surface area contributed by atoms with Gasteiger partial charge in [0.2, 0.25) is 10.0 Å². The Labute approximate surface area is 151 Å². The maximum atomic E-state index is 12.1. The molecular formula is C16H17Cl2NO4S. The molecule has 130 valence electrons. The Morgan fingerprint density at radius 3 is 2.25 bits per heavy atom. The third-order valence-corrected chi connectivity index (χ3v) is 5.17.